The van der Waals surface area contributed by atoms with Gasteiger partial charge in [-0.05, 0) is 44.4 Å². The van der Waals surface area contributed by atoms with E-state index in [1.54, 1.807) is 31.4 Å². The van der Waals surface area contributed by atoms with Crippen molar-refractivity contribution in [3.8, 4) is 11.5 Å². The Bertz CT molecular complexity index is 708. The number of methoxy groups -OCH3 is 1. The van der Waals surface area contributed by atoms with E-state index in [-0.39, 0.29) is 5.78 Å². The van der Waals surface area contributed by atoms with Crippen molar-refractivity contribution in [1.29, 1.82) is 0 Å². The van der Waals surface area contributed by atoms with Gasteiger partial charge in [0.1, 0.15) is 18.1 Å². The van der Waals surface area contributed by atoms with Gasteiger partial charge in [-0.2, -0.15) is 0 Å². The highest BCUT2D eigenvalue weighted by Crippen LogP contribution is 2.19. The van der Waals surface area contributed by atoms with Crippen LogP contribution in [0.15, 0.2) is 54.6 Å². The van der Waals surface area contributed by atoms with Crippen LogP contribution in [0.4, 0.5) is 0 Å². The van der Waals surface area contributed by atoms with E-state index in [1.807, 2.05) is 55.4 Å². The van der Waals surface area contributed by atoms with Crippen LogP contribution in [0.25, 0.3) is 6.08 Å². The van der Waals surface area contributed by atoms with Crippen molar-refractivity contribution < 1.29 is 14.3 Å². The third-order valence-electron chi connectivity index (χ3n) is 3.48. The number of allylic oxidation sites excluding steroid dienone is 1. The number of carbonyl (C=O) groups is 1. The summed E-state index contributed by atoms with van der Waals surface area (Å²) in [5, 5.41) is 0. The van der Waals surface area contributed by atoms with Crippen molar-refractivity contribution in [3.63, 3.8) is 0 Å². The summed E-state index contributed by atoms with van der Waals surface area (Å²) < 4.78 is 10.9. The van der Waals surface area contributed by atoms with Gasteiger partial charge in [0, 0.05) is 17.7 Å². The molecule has 0 N–H and O–H groups in total. The molecule has 0 spiro atoms. The standard InChI is InChI=1S/C20H23NO3/c1-21(2)13-14-24-18-9-6-8-17(15-18)19(22)12-11-16-7-4-5-10-20(16)23-3/h4-12,15H,13-14H2,1-3H3/b12-11+. The molecule has 4 nitrogen and oxygen atoms in total. The largest absolute Gasteiger partial charge is 0.496 e. The van der Waals surface area contributed by atoms with E-state index < -0.39 is 0 Å². The number of hydrogen-bond acceptors (Lipinski definition) is 4. The van der Waals surface area contributed by atoms with Gasteiger partial charge in [-0.25, -0.2) is 0 Å². The van der Waals surface area contributed by atoms with Crippen LogP contribution < -0.4 is 9.47 Å². The van der Waals surface area contributed by atoms with Gasteiger partial charge < -0.3 is 14.4 Å². The zero-order valence-corrected chi connectivity index (χ0v) is 14.4. The molecule has 0 unspecified atom stereocenters. The van der Waals surface area contributed by atoms with Gasteiger partial charge in [-0.1, -0.05) is 30.3 Å². The second-order valence-electron chi connectivity index (χ2n) is 5.62. The van der Waals surface area contributed by atoms with E-state index in [9.17, 15) is 4.79 Å². The van der Waals surface area contributed by atoms with Crippen molar-refractivity contribution in [3.05, 3.63) is 65.7 Å². The Morgan fingerprint density at radius 1 is 1.12 bits per heavy atom. The fourth-order valence-corrected chi connectivity index (χ4v) is 2.15. The van der Waals surface area contributed by atoms with Crippen molar-refractivity contribution in [2.24, 2.45) is 0 Å². The van der Waals surface area contributed by atoms with Crippen LogP contribution in [-0.4, -0.2) is 45.0 Å². The first-order chi connectivity index (χ1) is 11.6. The molecule has 0 aliphatic heterocycles. The number of para-hydroxylation sites is 1. The lowest BCUT2D eigenvalue weighted by Crippen LogP contribution is -2.19. The molecule has 0 aromatic heterocycles. The monoisotopic (exact) mass is 325 g/mol. The summed E-state index contributed by atoms with van der Waals surface area (Å²) in [4.78, 5) is 14.4. The Morgan fingerprint density at radius 3 is 2.67 bits per heavy atom. The summed E-state index contributed by atoms with van der Waals surface area (Å²) in [7, 11) is 5.60. The Kier molecular flexibility index (Phi) is 6.58. The fraction of sp³-hybridized carbons (Fsp3) is 0.250. The number of ether oxygens (including phenoxy) is 2. The highest BCUT2D eigenvalue weighted by atomic mass is 16.5. The summed E-state index contributed by atoms with van der Waals surface area (Å²) in [6.07, 6.45) is 3.32. The van der Waals surface area contributed by atoms with Crippen LogP contribution in [0.3, 0.4) is 0 Å². The topological polar surface area (TPSA) is 38.8 Å². The molecular formula is C20H23NO3. The van der Waals surface area contributed by atoms with Crippen LogP contribution in [0.1, 0.15) is 15.9 Å². The Balaban J connectivity index is 2.05. The molecule has 0 aliphatic carbocycles. The lowest BCUT2D eigenvalue weighted by molar-refractivity contribution is 0.104. The van der Waals surface area contributed by atoms with Crippen molar-refractivity contribution in [2.75, 3.05) is 34.4 Å². The van der Waals surface area contributed by atoms with Crippen LogP contribution in [0.5, 0.6) is 11.5 Å². The van der Waals surface area contributed by atoms with Crippen molar-refractivity contribution >= 4 is 11.9 Å². The lowest BCUT2D eigenvalue weighted by Gasteiger charge is -2.11. The summed E-state index contributed by atoms with van der Waals surface area (Å²) in [5.41, 5.74) is 1.47. The van der Waals surface area contributed by atoms with Gasteiger partial charge in [0.2, 0.25) is 0 Å². The molecule has 2 aromatic rings. The third-order valence-corrected chi connectivity index (χ3v) is 3.48. The average Bonchev–Trinajstić information content (AvgIpc) is 2.60. The molecule has 4 heteroatoms. The van der Waals surface area contributed by atoms with E-state index in [1.165, 1.54) is 0 Å². The van der Waals surface area contributed by atoms with Crippen LogP contribution in [0.2, 0.25) is 0 Å². The number of ketones is 1. The molecule has 2 rings (SSSR count). The van der Waals surface area contributed by atoms with E-state index >= 15 is 0 Å². The molecule has 24 heavy (non-hydrogen) atoms. The third kappa shape index (κ3) is 5.25. The number of benzene rings is 2. The number of rotatable bonds is 8. The first-order valence-corrected chi connectivity index (χ1v) is 7.83. The smallest absolute Gasteiger partial charge is 0.185 e. The first kappa shape index (κ1) is 17.8. The van der Waals surface area contributed by atoms with E-state index in [0.717, 1.165) is 17.9 Å². The zero-order chi connectivity index (χ0) is 17.4. The molecule has 126 valence electrons. The molecule has 0 fully saturated rings. The molecule has 0 heterocycles. The Morgan fingerprint density at radius 2 is 1.92 bits per heavy atom. The summed E-state index contributed by atoms with van der Waals surface area (Å²) in [6.45, 7) is 1.41. The second-order valence-corrected chi connectivity index (χ2v) is 5.62. The molecule has 0 bridgehead atoms. The Labute approximate surface area is 143 Å². The van der Waals surface area contributed by atoms with Crippen LogP contribution >= 0.6 is 0 Å². The quantitative estimate of drug-likeness (QED) is 0.550. The van der Waals surface area contributed by atoms with E-state index in [4.69, 9.17) is 9.47 Å². The maximum atomic E-state index is 12.4. The van der Waals surface area contributed by atoms with Gasteiger partial charge in [0.15, 0.2) is 5.78 Å². The summed E-state index contributed by atoms with van der Waals surface area (Å²) >= 11 is 0. The Hall–Kier alpha value is -2.59. The van der Waals surface area contributed by atoms with E-state index in [2.05, 4.69) is 0 Å². The summed E-state index contributed by atoms with van der Waals surface area (Å²) in [5.74, 6) is 1.37. The molecule has 0 amide bonds. The zero-order valence-electron chi connectivity index (χ0n) is 14.4. The molecule has 0 saturated heterocycles. The van der Waals surface area contributed by atoms with Gasteiger partial charge in [-0.15, -0.1) is 0 Å². The first-order valence-electron chi connectivity index (χ1n) is 7.83. The van der Waals surface area contributed by atoms with Crippen LogP contribution in [0, 0.1) is 0 Å². The van der Waals surface area contributed by atoms with Gasteiger partial charge in [-0.3, -0.25) is 4.79 Å². The molecule has 2 aromatic carbocycles. The number of nitrogens with zero attached hydrogens (tertiary/aromatic N) is 1. The molecule has 0 aliphatic rings. The molecular weight excluding hydrogens is 302 g/mol. The van der Waals surface area contributed by atoms with Gasteiger partial charge in [0.25, 0.3) is 0 Å². The van der Waals surface area contributed by atoms with Crippen molar-refractivity contribution in [2.45, 2.75) is 0 Å². The number of hydrogen-bond donors (Lipinski definition) is 0. The average molecular weight is 325 g/mol. The fourth-order valence-electron chi connectivity index (χ4n) is 2.15. The molecule has 0 radical (unpaired) electrons. The molecule has 0 saturated carbocycles. The maximum absolute atomic E-state index is 12.4. The van der Waals surface area contributed by atoms with Crippen LogP contribution in [-0.2, 0) is 0 Å². The van der Waals surface area contributed by atoms with E-state index in [0.29, 0.717) is 17.9 Å². The number of carbonyl (C=O) groups excluding carboxylic acids is 1. The highest BCUT2D eigenvalue weighted by molar-refractivity contribution is 6.07. The highest BCUT2D eigenvalue weighted by Gasteiger charge is 2.05. The number of likely N-dealkylation sites (N-methyl/N-ethyl adjacent to an activating group) is 1. The SMILES string of the molecule is COc1ccccc1/C=C/C(=O)c1cccc(OCCN(C)C)c1. The summed E-state index contributed by atoms with van der Waals surface area (Å²) in [6, 6.07) is 14.8. The molecule has 0 atom stereocenters. The second kappa shape index (κ2) is 8.89. The minimum absolute atomic E-state index is 0.0704. The predicted octanol–water partition coefficient (Wildman–Crippen LogP) is 3.53. The van der Waals surface area contributed by atoms with Gasteiger partial charge >= 0.3 is 0 Å². The van der Waals surface area contributed by atoms with Crippen molar-refractivity contribution in [1.82, 2.24) is 4.90 Å². The maximum Gasteiger partial charge on any atom is 0.185 e. The van der Waals surface area contributed by atoms with Gasteiger partial charge in [0.05, 0.1) is 7.11 Å². The predicted molar refractivity (Wildman–Crippen MR) is 96.8 cm³/mol. The normalized spacial score (nSPS) is 11.0. The minimum atomic E-state index is -0.0704. The lowest BCUT2D eigenvalue weighted by atomic mass is 10.1. The minimum Gasteiger partial charge on any atom is -0.496 e.